The van der Waals surface area contributed by atoms with Gasteiger partial charge in [0.25, 0.3) is 0 Å². The van der Waals surface area contributed by atoms with E-state index in [1.165, 1.54) is 4.31 Å². The van der Waals surface area contributed by atoms with E-state index in [0.717, 1.165) is 53.1 Å². The van der Waals surface area contributed by atoms with Crippen molar-refractivity contribution in [2.75, 3.05) is 30.8 Å². The summed E-state index contributed by atoms with van der Waals surface area (Å²) in [5.41, 5.74) is 1.15. The summed E-state index contributed by atoms with van der Waals surface area (Å²) in [5.74, 6) is 0.147. The highest BCUT2D eigenvalue weighted by molar-refractivity contribution is 7.89. The Balaban J connectivity index is 1.58. The molecule has 1 aromatic heterocycles. The fourth-order valence-corrected chi connectivity index (χ4v) is 5.20. The quantitative estimate of drug-likeness (QED) is 0.726. The van der Waals surface area contributed by atoms with Crippen LogP contribution in [-0.2, 0) is 16.4 Å². The number of hydrogen-bond donors (Lipinski definition) is 0. The van der Waals surface area contributed by atoms with E-state index >= 15 is 0 Å². The van der Waals surface area contributed by atoms with E-state index in [1.807, 2.05) is 24.3 Å². The second-order valence-electron chi connectivity index (χ2n) is 6.42. The van der Waals surface area contributed by atoms with Gasteiger partial charge >= 0.3 is 0 Å². The van der Waals surface area contributed by atoms with Crippen LogP contribution in [0.4, 0.5) is 5.13 Å². The van der Waals surface area contributed by atoms with Crippen LogP contribution < -0.4 is 4.90 Å². The van der Waals surface area contributed by atoms with E-state index in [9.17, 15) is 8.42 Å². The number of benzene rings is 1. The van der Waals surface area contributed by atoms with Crippen LogP contribution in [0.3, 0.4) is 0 Å². The van der Waals surface area contributed by atoms with Gasteiger partial charge in [0.15, 0.2) is 0 Å². The molecule has 2 aromatic rings. The number of rotatable bonds is 6. The molecule has 0 amide bonds. The van der Waals surface area contributed by atoms with Crippen molar-refractivity contribution in [1.29, 1.82) is 0 Å². The first kappa shape index (κ1) is 19.5. The lowest BCUT2D eigenvalue weighted by Gasteiger charge is -2.35. The maximum absolute atomic E-state index is 12.0. The number of halogens is 1. The van der Waals surface area contributed by atoms with E-state index in [2.05, 4.69) is 15.1 Å². The van der Waals surface area contributed by atoms with E-state index in [0.29, 0.717) is 0 Å². The Hall–Kier alpha value is -1.22. The summed E-state index contributed by atoms with van der Waals surface area (Å²) in [6.45, 7) is 3.28. The third-order valence-electron chi connectivity index (χ3n) is 4.78. The predicted molar refractivity (Wildman–Crippen MR) is 107 cm³/mol. The van der Waals surface area contributed by atoms with Crippen molar-refractivity contribution in [3.63, 3.8) is 0 Å². The van der Waals surface area contributed by atoms with Crippen molar-refractivity contribution in [3.05, 3.63) is 39.9 Å². The summed E-state index contributed by atoms with van der Waals surface area (Å²) in [6.07, 6.45) is 2.35. The highest BCUT2D eigenvalue weighted by Gasteiger charge is 2.29. The van der Waals surface area contributed by atoms with Crippen LogP contribution in [0.15, 0.2) is 24.3 Å². The van der Waals surface area contributed by atoms with Crippen LogP contribution in [-0.4, -0.2) is 54.9 Å². The van der Waals surface area contributed by atoms with Gasteiger partial charge in [-0.05, 0) is 37.5 Å². The van der Waals surface area contributed by atoms with Crippen LogP contribution in [0.25, 0.3) is 0 Å². The number of nitrogens with zero attached hydrogens (tertiary/aromatic N) is 4. The molecule has 0 spiro atoms. The SMILES string of the molecule is CCS(=O)(=O)N(C)C1CCN(c2nnc(Cc3ccc(Cl)cc3)s2)CC1. The Morgan fingerprint density at radius 1 is 1.23 bits per heavy atom. The first-order chi connectivity index (χ1) is 12.4. The van der Waals surface area contributed by atoms with Gasteiger partial charge in [-0.25, -0.2) is 12.7 Å². The third kappa shape index (κ3) is 4.54. The van der Waals surface area contributed by atoms with Gasteiger partial charge in [0.2, 0.25) is 15.2 Å². The highest BCUT2D eigenvalue weighted by Crippen LogP contribution is 2.27. The van der Waals surface area contributed by atoms with E-state index in [-0.39, 0.29) is 11.8 Å². The fourth-order valence-electron chi connectivity index (χ4n) is 3.07. The number of hydrogen-bond acceptors (Lipinski definition) is 6. The summed E-state index contributed by atoms with van der Waals surface area (Å²) in [5, 5.41) is 11.2. The van der Waals surface area contributed by atoms with Crippen LogP contribution in [0.1, 0.15) is 30.3 Å². The molecule has 0 N–H and O–H groups in total. The summed E-state index contributed by atoms with van der Waals surface area (Å²) < 4.78 is 25.6. The zero-order chi connectivity index (χ0) is 18.7. The molecule has 26 heavy (non-hydrogen) atoms. The molecule has 1 fully saturated rings. The third-order valence-corrected chi connectivity index (χ3v) is 7.92. The molecule has 0 unspecified atom stereocenters. The molecule has 0 radical (unpaired) electrons. The number of piperidine rings is 1. The summed E-state index contributed by atoms with van der Waals surface area (Å²) >= 11 is 7.52. The van der Waals surface area contributed by atoms with Gasteiger partial charge in [-0.3, -0.25) is 0 Å². The van der Waals surface area contributed by atoms with Crippen LogP contribution in [0.2, 0.25) is 5.02 Å². The lowest BCUT2D eigenvalue weighted by atomic mass is 10.1. The largest absolute Gasteiger partial charge is 0.347 e. The van der Waals surface area contributed by atoms with Crippen LogP contribution in [0, 0.1) is 0 Å². The second kappa shape index (κ2) is 8.21. The van der Waals surface area contributed by atoms with Crippen molar-refractivity contribution in [1.82, 2.24) is 14.5 Å². The molecular weight excluding hydrogens is 392 g/mol. The number of aromatic nitrogens is 2. The van der Waals surface area contributed by atoms with Crippen molar-refractivity contribution in [2.45, 2.75) is 32.2 Å². The van der Waals surface area contributed by atoms with Gasteiger partial charge < -0.3 is 4.90 Å². The van der Waals surface area contributed by atoms with Crippen molar-refractivity contribution in [3.8, 4) is 0 Å². The van der Waals surface area contributed by atoms with Crippen LogP contribution in [0.5, 0.6) is 0 Å². The van der Waals surface area contributed by atoms with E-state index in [4.69, 9.17) is 11.6 Å². The average Bonchev–Trinajstić information content (AvgIpc) is 3.11. The minimum absolute atomic E-state index is 0.0673. The zero-order valence-corrected chi connectivity index (χ0v) is 17.3. The van der Waals surface area contributed by atoms with Crippen molar-refractivity contribution in [2.24, 2.45) is 0 Å². The Kier molecular flexibility index (Phi) is 6.17. The average molecular weight is 415 g/mol. The molecule has 9 heteroatoms. The Labute approximate surface area is 163 Å². The molecule has 0 atom stereocenters. The molecule has 1 aliphatic rings. The summed E-state index contributed by atoms with van der Waals surface area (Å²) in [4.78, 5) is 2.20. The normalized spacial score (nSPS) is 16.4. The highest BCUT2D eigenvalue weighted by atomic mass is 35.5. The first-order valence-electron chi connectivity index (χ1n) is 8.66. The second-order valence-corrected chi connectivity index (χ2v) is 10.2. The smallest absolute Gasteiger partial charge is 0.213 e. The number of sulfonamides is 1. The van der Waals surface area contributed by atoms with Crippen molar-refractivity contribution >= 4 is 38.1 Å². The van der Waals surface area contributed by atoms with Gasteiger partial charge in [-0.15, -0.1) is 10.2 Å². The monoisotopic (exact) mass is 414 g/mol. The van der Waals surface area contributed by atoms with Crippen LogP contribution >= 0.6 is 22.9 Å². The molecular formula is C17H23ClN4O2S2. The molecule has 6 nitrogen and oxygen atoms in total. The zero-order valence-electron chi connectivity index (χ0n) is 14.9. The standard InChI is InChI=1S/C17H23ClN4O2S2/c1-3-26(23,24)21(2)15-8-10-22(11-9-15)17-20-19-16(25-17)12-13-4-6-14(18)7-5-13/h4-7,15H,3,8-12H2,1-2H3. The minimum atomic E-state index is -3.13. The predicted octanol–water partition coefficient (Wildman–Crippen LogP) is 3.03. The molecule has 0 bridgehead atoms. The molecule has 1 aromatic carbocycles. The molecule has 0 aliphatic carbocycles. The molecule has 0 saturated carbocycles. The molecule has 1 aliphatic heterocycles. The maximum Gasteiger partial charge on any atom is 0.213 e. The Bertz CT molecular complexity index is 831. The van der Waals surface area contributed by atoms with E-state index in [1.54, 1.807) is 25.3 Å². The van der Waals surface area contributed by atoms with Gasteiger partial charge in [-0.1, -0.05) is 35.1 Å². The van der Waals surface area contributed by atoms with Gasteiger partial charge in [0.05, 0.1) is 5.75 Å². The maximum atomic E-state index is 12.0. The Morgan fingerprint density at radius 2 is 1.88 bits per heavy atom. The molecule has 142 valence electrons. The summed E-state index contributed by atoms with van der Waals surface area (Å²) in [7, 11) is -1.44. The van der Waals surface area contributed by atoms with Gasteiger partial charge in [0.1, 0.15) is 5.01 Å². The van der Waals surface area contributed by atoms with Gasteiger partial charge in [-0.2, -0.15) is 0 Å². The fraction of sp³-hybridized carbons (Fsp3) is 0.529. The topological polar surface area (TPSA) is 66.4 Å². The summed E-state index contributed by atoms with van der Waals surface area (Å²) in [6, 6.07) is 7.82. The first-order valence-corrected chi connectivity index (χ1v) is 11.5. The van der Waals surface area contributed by atoms with Crippen molar-refractivity contribution < 1.29 is 8.42 Å². The van der Waals surface area contributed by atoms with Gasteiger partial charge in [0, 0.05) is 37.6 Å². The molecule has 3 rings (SSSR count). The lowest BCUT2D eigenvalue weighted by molar-refractivity contribution is 0.312. The minimum Gasteiger partial charge on any atom is -0.347 e. The van der Waals surface area contributed by atoms with E-state index < -0.39 is 10.0 Å². The Morgan fingerprint density at radius 3 is 2.50 bits per heavy atom. The molecule has 2 heterocycles. The molecule has 1 saturated heterocycles. The number of anilines is 1. The lowest BCUT2D eigenvalue weighted by Crippen LogP contribution is -2.46.